The van der Waals surface area contributed by atoms with Crippen LogP contribution in [0.5, 0.6) is 0 Å². The van der Waals surface area contributed by atoms with Crippen LogP contribution in [0.3, 0.4) is 0 Å². The summed E-state index contributed by atoms with van der Waals surface area (Å²) >= 11 is 0. The van der Waals surface area contributed by atoms with E-state index in [9.17, 15) is 13.2 Å². The smallest absolute Gasteiger partial charge is 0.182 e. The SMILES string of the molecule is CC1CCC(CNc2cc(F)cc(F)c2F)CC1. The third kappa shape index (κ3) is 3.18. The molecule has 0 bridgehead atoms. The fraction of sp³-hybridized carbons (Fsp3) is 0.571. The van der Waals surface area contributed by atoms with Crippen molar-refractivity contribution in [1.29, 1.82) is 0 Å². The van der Waals surface area contributed by atoms with Crippen molar-refractivity contribution in [2.45, 2.75) is 32.6 Å². The molecule has 100 valence electrons. The third-order valence-electron chi connectivity index (χ3n) is 3.71. The van der Waals surface area contributed by atoms with Gasteiger partial charge in [0.15, 0.2) is 11.6 Å². The minimum atomic E-state index is -1.14. The normalized spacial score (nSPS) is 24.0. The highest BCUT2D eigenvalue weighted by Crippen LogP contribution is 2.29. The third-order valence-corrected chi connectivity index (χ3v) is 3.71. The van der Waals surface area contributed by atoms with Crippen LogP contribution in [0.15, 0.2) is 12.1 Å². The standard InChI is InChI=1S/C14H18F3N/c1-9-2-4-10(5-3-9)8-18-13-7-11(15)6-12(16)14(13)17/h6-7,9-10,18H,2-5,8H2,1H3. The van der Waals surface area contributed by atoms with Gasteiger partial charge in [-0.25, -0.2) is 13.2 Å². The van der Waals surface area contributed by atoms with Crippen molar-refractivity contribution in [2.24, 2.45) is 11.8 Å². The van der Waals surface area contributed by atoms with Crippen LogP contribution in [0.1, 0.15) is 32.6 Å². The molecule has 1 aliphatic rings. The van der Waals surface area contributed by atoms with E-state index in [4.69, 9.17) is 0 Å². The van der Waals surface area contributed by atoms with E-state index in [-0.39, 0.29) is 5.69 Å². The maximum Gasteiger partial charge on any atom is 0.182 e. The molecule has 0 unspecified atom stereocenters. The van der Waals surface area contributed by atoms with Gasteiger partial charge in [0.2, 0.25) is 0 Å². The Morgan fingerprint density at radius 1 is 1.11 bits per heavy atom. The van der Waals surface area contributed by atoms with Gasteiger partial charge in [-0.2, -0.15) is 0 Å². The predicted molar refractivity (Wildman–Crippen MR) is 65.9 cm³/mol. The molecule has 1 fully saturated rings. The van der Waals surface area contributed by atoms with E-state index in [1.165, 1.54) is 12.8 Å². The lowest BCUT2D eigenvalue weighted by molar-refractivity contribution is 0.300. The van der Waals surface area contributed by atoms with Gasteiger partial charge >= 0.3 is 0 Å². The maximum absolute atomic E-state index is 13.4. The molecular weight excluding hydrogens is 239 g/mol. The Kier molecular flexibility index (Phi) is 4.15. The van der Waals surface area contributed by atoms with Gasteiger partial charge in [-0.05, 0) is 24.7 Å². The van der Waals surface area contributed by atoms with Gasteiger partial charge < -0.3 is 5.32 Å². The summed E-state index contributed by atoms with van der Waals surface area (Å²) in [6, 6.07) is 1.56. The largest absolute Gasteiger partial charge is 0.382 e. The van der Waals surface area contributed by atoms with Crippen LogP contribution in [0.2, 0.25) is 0 Å². The molecule has 1 N–H and O–H groups in total. The molecule has 1 aliphatic carbocycles. The summed E-state index contributed by atoms with van der Waals surface area (Å²) in [7, 11) is 0. The van der Waals surface area contributed by atoms with Gasteiger partial charge in [-0.3, -0.25) is 0 Å². The van der Waals surface area contributed by atoms with Crippen molar-refractivity contribution in [3.05, 3.63) is 29.6 Å². The van der Waals surface area contributed by atoms with Crippen molar-refractivity contribution in [1.82, 2.24) is 0 Å². The van der Waals surface area contributed by atoms with Crippen LogP contribution in [0.4, 0.5) is 18.9 Å². The number of hydrogen-bond donors (Lipinski definition) is 1. The second-order valence-corrected chi connectivity index (χ2v) is 5.26. The van der Waals surface area contributed by atoms with Crippen LogP contribution < -0.4 is 5.32 Å². The minimum Gasteiger partial charge on any atom is -0.382 e. The van der Waals surface area contributed by atoms with E-state index in [0.717, 1.165) is 24.8 Å². The molecule has 4 heteroatoms. The topological polar surface area (TPSA) is 12.0 Å². The average molecular weight is 257 g/mol. The highest BCUT2D eigenvalue weighted by Gasteiger charge is 2.19. The number of hydrogen-bond acceptors (Lipinski definition) is 1. The van der Waals surface area contributed by atoms with Crippen LogP contribution in [-0.2, 0) is 0 Å². The Labute approximate surface area is 105 Å². The lowest BCUT2D eigenvalue weighted by atomic mass is 9.83. The summed E-state index contributed by atoms with van der Waals surface area (Å²) in [4.78, 5) is 0. The number of anilines is 1. The molecule has 1 aromatic rings. The van der Waals surface area contributed by atoms with E-state index >= 15 is 0 Å². The summed E-state index contributed by atoms with van der Waals surface area (Å²) in [5.74, 6) is -1.68. The molecule has 1 saturated carbocycles. The van der Waals surface area contributed by atoms with E-state index in [1.807, 2.05) is 0 Å². The minimum absolute atomic E-state index is 0.0777. The molecule has 0 spiro atoms. The van der Waals surface area contributed by atoms with Crippen LogP contribution >= 0.6 is 0 Å². The number of benzene rings is 1. The Hall–Kier alpha value is -1.19. The molecule has 0 heterocycles. The van der Waals surface area contributed by atoms with Crippen LogP contribution in [0, 0.1) is 29.3 Å². The fourth-order valence-corrected chi connectivity index (χ4v) is 2.47. The first-order valence-corrected chi connectivity index (χ1v) is 6.44. The summed E-state index contributed by atoms with van der Waals surface area (Å²) < 4.78 is 39.4. The fourth-order valence-electron chi connectivity index (χ4n) is 2.47. The first kappa shape index (κ1) is 13.2. The average Bonchev–Trinajstić information content (AvgIpc) is 2.34. The molecule has 1 aromatic carbocycles. The predicted octanol–water partition coefficient (Wildman–Crippen LogP) is 4.34. The molecule has 0 saturated heterocycles. The maximum atomic E-state index is 13.4. The Bertz CT molecular complexity index is 412. The molecule has 0 aromatic heterocycles. The summed E-state index contributed by atoms with van der Waals surface area (Å²) in [5.41, 5.74) is -0.0777. The number of halogens is 3. The molecular formula is C14H18F3N. The number of nitrogens with one attached hydrogen (secondary N) is 1. The Balaban J connectivity index is 1.94. The zero-order chi connectivity index (χ0) is 13.1. The van der Waals surface area contributed by atoms with Crippen LogP contribution in [0.25, 0.3) is 0 Å². The van der Waals surface area contributed by atoms with E-state index in [0.29, 0.717) is 18.5 Å². The quantitative estimate of drug-likeness (QED) is 0.794. The van der Waals surface area contributed by atoms with Gasteiger partial charge in [0.25, 0.3) is 0 Å². The number of rotatable bonds is 3. The summed E-state index contributed by atoms with van der Waals surface area (Å²) in [6.07, 6.45) is 4.53. The van der Waals surface area contributed by atoms with Crippen molar-refractivity contribution >= 4 is 5.69 Å². The second kappa shape index (κ2) is 5.63. The van der Waals surface area contributed by atoms with Crippen molar-refractivity contribution < 1.29 is 13.2 Å². The highest BCUT2D eigenvalue weighted by atomic mass is 19.2. The molecule has 0 atom stereocenters. The van der Waals surface area contributed by atoms with Gasteiger partial charge in [-0.15, -0.1) is 0 Å². The first-order chi connectivity index (χ1) is 8.56. The highest BCUT2D eigenvalue weighted by molar-refractivity contribution is 5.45. The lowest BCUT2D eigenvalue weighted by Crippen LogP contribution is -2.20. The molecule has 0 aliphatic heterocycles. The zero-order valence-corrected chi connectivity index (χ0v) is 10.5. The van der Waals surface area contributed by atoms with Gasteiger partial charge in [-0.1, -0.05) is 19.8 Å². The molecule has 0 amide bonds. The molecule has 2 rings (SSSR count). The second-order valence-electron chi connectivity index (χ2n) is 5.26. The van der Waals surface area contributed by atoms with E-state index < -0.39 is 17.5 Å². The van der Waals surface area contributed by atoms with Gasteiger partial charge in [0.05, 0.1) is 5.69 Å². The van der Waals surface area contributed by atoms with Crippen LogP contribution in [-0.4, -0.2) is 6.54 Å². The van der Waals surface area contributed by atoms with Gasteiger partial charge in [0, 0.05) is 18.7 Å². The molecule has 18 heavy (non-hydrogen) atoms. The lowest BCUT2D eigenvalue weighted by Gasteiger charge is -2.26. The first-order valence-electron chi connectivity index (χ1n) is 6.44. The Morgan fingerprint density at radius 2 is 1.78 bits per heavy atom. The van der Waals surface area contributed by atoms with Crippen molar-refractivity contribution in [2.75, 3.05) is 11.9 Å². The van der Waals surface area contributed by atoms with Gasteiger partial charge in [0.1, 0.15) is 5.82 Å². The van der Waals surface area contributed by atoms with Crippen molar-refractivity contribution in [3.63, 3.8) is 0 Å². The molecule has 0 radical (unpaired) electrons. The monoisotopic (exact) mass is 257 g/mol. The zero-order valence-electron chi connectivity index (χ0n) is 10.5. The van der Waals surface area contributed by atoms with E-state index in [2.05, 4.69) is 12.2 Å². The Morgan fingerprint density at radius 3 is 2.44 bits per heavy atom. The molecule has 1 nitrogen and oxygen atoms in total. The van der Waals surface area contributed by atoms with E-state index in [1.54, 1.807) is 0 Å². The van der Waals surface area contributed by atoms with Crippen molar-refractivity contribution in [3.8, 4) is 0 Å². The summed E-state index contributed by atoms with van der Waals surface area (Å²) in [6.45, 7) is 2.80. The summed E-state index contributed by atoms with van der Waals surface area (Å²) in [5, 5.41) is 2.82.